The largest absolute Gasteiger partial charge is 0.374 e. The predicted molar refractivity (Wildman–Crippen MR) is 98.9 cm³/mol. The van der Waals surface area contributed by atoms with Gasteiger partial charge in [0.2, 0.25) is 5.91 Å². The lowest BCUT2D eigenvalue weighted by atomic mass is 9.92. The van der Waals surface area contributed by atoms with Crippen LogP contribution in [0.2, 0.25) is 0 Å². The van der Waals surface area contributed by atoms with E-state index in [2.05, 4.69) is 28.2 Å². The van der Waals surface area contributed by atoms with Gasteiger partial charge in [0.1, 0.15) is 6.23 Å². The second kappa shape index (κ2) is 11.1. The van der Waals surface area contributed by atoms with E-state index in [-0.39, 0.29) is 17.9 Å². The minimum atomic E-state index is -0.698. The van der Waals surface area contributed by atoms with Crippen LogP contribution in [0.5, 0.6) is 0 Å². The Morgan fingerprint density at radius 3 is 2.29 bits per heavy atom. The zero-order chi connectivity index (χ0) is 17.9. The number of nitrogens with one attached hydrogen (secondary N) is 4. The van der Waals surface area contributed by atoms with Gasteiger partial charge in [-0.2, -0.15) is 0 Å². The molecule has 0 aromatic heterocycles. The molecular formula is C18H32N4O2. The Labute approximate surface area is 145 Å². The van der Waals surface area contributed by atoms with Crippen LogP contribution in [0.1, 0.15) is 38.0 Å². The van der Waals surface area contributed by atoms with Crippen LogP contribution in [-0.4, -0.2) is 44.7 Å². The molecular weight excluding hydrogens is 304 g/mol. The quantitative estimate of drug-likeness (QED) is 0.395. The number of carbonyl (C=O) groups excluding carboxylic acids is 1. The van der Waals surface area contributed by atoms with Crippen molar-refractivity contribution in [3.05, 3.63) is 29.8 Å². The maximum atomic E-state index is 12.7. The highest BCUT2D eigenvalue weighted by Crippen LogP contribution is 2.18. The van der Waals surface area contributed by atoms with Crippen LogP contribution < -0.4 is 21.3 Å². The van der Waals surface area contributed by atoms with E-state index in [1.54, 1.807) is 19.2 Å². The van der Waals surface area contributed by atoms with Crippen LogP contribution in [0.3, 0.4) is 0 Å². The maximum Gasteiger partial charge on any atom is 0.229 e. The average molecular weight is 336 g/mol. The molecule has 5 N–H and O–H groups in total. The first-order chi connectivity index (χ1) is 11.6. The lowest BCUT2D eigenvalue weighted by molar-refractivity contribution is -0.121. The third-order valence-electron chi connectivity index (χ3n) is 4.25. The first kappa shape index (κ1) is 20.6. The van der Waals surface area contributed by atoms with E-state index in [0.29, 0.717) is 0 Å². The molecule has 136 valence electrons. The normalized spacial score (nSPS) is 14.9. The smallest absolute Gasteiger partial charge is 0.229 e. The molecule has 0 heterocycles. The summed E-state index contributed by atoms with van der Waals surface area (Å²) in [6, 6.07) is 7.34. The fourth-order valence-electron chi connectivity index (χ4n) is 2.75. The van der Waals surface area contributed by atoms with E-state index in [9.17, 15) is 9.90 Å². The zero-order valence-electron chi connectivity index (χ0n) is 15.2. The van der Waals surface area contributed by atoms with Crippen molar-refractivity contribution in [2.75, 3.05) is 33.0 Å². The van der Waals surface area contributed by atoms with E-state index >= 15 is 0 Å². The second-order valence-electron chi connectivity index (χ2n) is 6.00. The number of anilines is 1. The molecule has 1 rings (SSSR count). The maximum absolute atomic E-state index is 12.7. The molecule has 1 aromatic carbocycles. The minimum Gasteiger partial charge on any atom is -0.374 e. The lowest BCUT2D eigenvalue weighted by Gasteiger charge is -2.26. The van der Waals surface area contributed by atoms with Crippen molar-refractivity contribution >= 4 is 11.6 Å². The van der Waals surface area contributed by atoms with E-state index in [1.807, 2.05) is 26.2 Å². The summed E-state index contributed by atoms with van der Waals surface area (Å²) in [5.74, 6) is -0.0649. The molecule has 0 fully saturated rings. The van der Waals surface area contributed by atoms with Crippen molar-refractivity contribution in [3.8, 4) is 0 Å². The van der Waals surface area contributed by atoms with Crippen LogP contribution in [0, 0.1) is 5.92 Å². The average Bonchev–Trinajstić information content (AvgIpc) is 2.60. The van der Waals surface area contributed by atoms with Crippen LogP contribution in [0.15, 0.2) is 24.3 Å². The summed E-state index contributed by atoms with van der Waals surface area (Å²) in [5.41, 5.74) is 1.51. The van der Waals surface area contributed by atoms with Gasteiger partial charge in [-0.1, -0.05) is 31.9 Å². The van der Waals surface area contributed by atoms with Crippen LogP contribution in [-0.2, 0) is 4.79 Å². The van der Waals surface area contributed by atoms with Crippen molar-refractivity contribution in [3.63, 3.8) is 0 Å². The molecule has 1 amide bonds. The number of likely N-dealkylation sites (N-methyl/N-ethyl adjacent to an activating group) is 2. The topological polar surface area (TPSA) is 85.4 Å². The predicted octanol–water partition coefficient (Wildman–Crippen LogP) is 1.45. The van der Waals surface area contributed by atoms with Gasteiger partial charge in [0.15, 0.2) is 0 Å². The summed E-state index contributed by atoms with van der Waals surface area (Å²) < 4.78 is 0. The highest BCUT2D eigenvalue weighted by molar-refractivity contribution is 5.93. The Kier molecular flexibility index (Phi) is 9.56. The Hall–Kier alpha value is -1.47. The van der Waals surface area contributed by atoms with E-state index in [4.69, 9.17) is 0 Å². The molecule has 24 heavy (non-hydrogen) atoms. The van der Waals surface area contributed by atoms with Crippen LogP contribution in [0.4, 0.5) is 5.69 Å². The highest BCUT2D eigenvalue weighted by Gasteiger charge is 2.26. The number of benzene rings is 1. The third-order valence-corrected chi connectivity index (χ3v) is 4.25. The second-order valence-corrected chi connectivity index (χ2v) is 6.00. The monoisotopic (exact) mass is 336 g/mol. The number of unbranched alkanes of at least 4 members (excludes halogenated alkanes) is 1. The Morgan fingerprint density at radius 2 is 1.79 bits per heavy atom. The van der Waals surface area contributed by atoms with Crippen molar-refractivity contribution < 1.29 is 9.90 Å². The first-order valence-electron chi connectivity index (χ1n) is 8.65. The number of carbonyl (C=O) groups is 1. The summed E-state index contributed by atoms with van der Waals surface area (Å²) in [5, 5.41) is 21.9. The number of aliphatic hydroxyl groups is 1. The summed E-state index contributed by atoms with van der Waals surface area (Å²) in [6.45, 7) is 2.87. The molecule has 0 aliphatic rings. The molecule has 6 nitrogen and oxygen atoms in total. The summed E-state index contributed by atoms with van der Waals surface area (Å²) >= 11 is 0. The number of rotatable bonds is 11. The summed E-state index contributed by atoms with van der Waals surface area (Å²) in [4.78, 5) is 12.7. The molecule has 3 atom stereocenters. The van der Waals surface area contributed by atoms with Gasteiger partial charge in [0.25, 0.3) is 0 Å². The van der Waals surface area contributed by atoms with Gasteiger partial charge in [-0.05, 0) is 45.3 Å². The third kappa shape index (κ3) is 6.20. The number of aliphatic hydroxyl groups excluding tert-OH is 1. The molecule has 0 aliphatic carbocycles. The molecule has 0 saturated heterocycles. The van der Waals surface area contributed by atoms with Crippen molar-refractivity contribution in [1.82, 2.24) is 16.0 Å². The van der Waals surface area contributed by atoms with E-state index in [0.717, 1.165) is 37.1 Å². The van der Waals surface area contributed by atoms with Crippen LogP contribution in [0.25, 0.3) is 0 Å². The van der Waals surface area contributed by atoms with E-state index in [1.165, 1.54) is 0 Å². The molecule has 6 heteroatoms. The van der Waals surface area contributed by atoms with Gasteiger partial charge in [-0.15, -0.1) is 0 Å². The molecule has 3 unspecified atom stereocenters. The Bertz CT molecular complexity index is 478. The molecule has 0 spiro atoms. The minimum absolute atomic E-state index is 0.0277. The highest BCUT2D eigenvalue weighted by atomic mass is 16.3. The molecule has 0 saturated carbocycles. The Morgan fingerprint density at radius 1 is 1.12 bits per heavy atom. The van der Waals surface area contributed by atoms with E-state index < -0.39 is 6.23 Å². The van der Waals surface area contributed by atoms with Crippen LogP contribution >= 0.6 is 0 Å². The number of hydrogen-bond donors (Lipinski definition) is 5. The summed E-state index contributed by atoms with van der Waals surface area (Å²) in [7, 11) is 5.48. The zero-order valence-corrected chi connectivity index (χ0v) is 15.2. The standard InChI is InChI=1S/C18H32N4O2/c1-5-6-7-15(16(20-3)12-19-2)18(24)22-14-10-8-13(9-11-14)17(23)21-4/h8-11,15-17,19-21,23H,5-7,12H2,1-4H3,(H,22,24). The molecule has 0 radical (unpaired) electrons. The lowest BCUT2D eigenvalue weighted by Crippen LogP contribution is -2.46. The van der Waals surface area contributed by atoms with Crippen molar-refractivity contribution in [2.24, 2.45) is 5.92 Å². The fourth-order valence-corrected chi connectivity index (χ4v) is 2.75. The fraction of sp³-hybridized carbons (Fsp3) is 0.611. The summed E-state index contributed by atoms with van der Waals surface area (Å²) in [6.07, 6.45) is 2.24. The van der Waals surface area contributed by atoms with Gasteiger partial charge >= 0.3 is 0 Å². The van der Waals surface area contributed by atoms with Crippen molar-refractivity contribution in [1.29, 1.82) is 0 Å². The van der Waals surface area contributed by atoms with Gasteiger partial charge in [0.05, 0.1) is 5.92 Å². The van der Waals surface area contributed by atoms with Gasteiger partial charge in [-0.25, -0.2) is 0 Å². The van der Waals surface area contributed by atoms with Gasteiger partial charge in [0, 0.05) is 18.3 Å². The SMILES string of the molecule is CCCCC(C(=O)Nc1ccc(C(O)NC)cc1)C(CNC)NC. The molecule has 1 aromatic rings. The molecule has 0 bridgehead atoms. The van der Waals surface area contributed by atoms with Gasteiger partial charge in [-0.3, -0.25) is 10.1 Å². The van der Waals surface area contributed by atoms with Crippen molar-refractivity contribution in [2.45, 2.75) is 38.5 Å². The molecule has 0 aliphatic heterocycles. The first-order valence-corrected chi connectivity index (χ1v) is 8.65. The number of amides is 1. The van der Waals surface area contributed by atoms with Gasteiger partial charge < -0.3 is 21.1 Å². The Balaban J connectivity index is 2.79. The number of hydrogen-bond acceptors (Lipinski definition) is 5.